The van der Waals surface area contributed by atoms with Gasteiger partial charge < -0.3 is 14.3 Å². The lowest BCUT2D eigenvalue weighted by atomic mass is 9.73. The molecule has 0 radical (unpaired) electrons. The third kappa shape index (κ3) is 10.9. The van der Waals surface area contributed by atoms with Gasteiger partial charge in [0.25, 0.3) is 0 Å². The number of nitrogens with zero attached hydrogens (tertiary/aromatic N) is 1. The molecule has 4 nitrogen and oxygen atoms in total. The predicted octanol–water partition coefficient (Wildman–Crippen LogP) is 8.04. The Bertz CT molecular complexity index is 754. The molecule has 0 aliphatic heterocycles. The van der Waals surface area contributed by atoms with Crippen LogP contribution in [0.2, 0.25) is 0 Å². The average Bonchev–Trinajstić information content (AvgIpc) is 2.69. The number of unbranched alkanes of at least 4 members (excludes halogenated alkanes) is 8. The van der Waals surface area contributed by atoms with Gasteiger partial charge in [0, 0.05) is 12.7 Å². The van der Waals surface area contributed by atoms with Crippen LogP contribution in [0.5, 0.6) is 0 Å². The van der Waals surface area contributed by atoms with Crippen LogP contribution in [0, 0.1) is 26.7 Å². The normalized spacial score (nSPS) is 13.5. The van der Waals surface area contributed by atoms with E-state index in [4.69, 9.17) is 29.2 Å². The highest BCUT2D eigenvalue weighted by molar-refractivity contribution is 7.72. The summed E-state index contributed by atoms with van der Waals surface area (Å²) in [5, 5.41) is 0. The Kier molecular flexibility index (Phi) is 13.5. The summed E-state index contributed by atoms with van der Waals surface area (Å²) in [5.74, 6) is 0.774. The third-order valence-corrected chi connectivity index (χ3v) is 6.82. The summed E-state index contributed by atoms with van der Waals surface area (Å²) in [6.07, 6.45) is 13.7. The molecule has 0 spiro atoms. The summed E-state index contributed by atoms with van der Waals surface area (Å²) >= 11 is 10.4. The Balaban J connectivity index is 2.03. The van der Waals surface area contributed by atoms with Crippen molar-refractivity contribution in [1.82, 2.24) is 9.55 Å². The lowest BCUT2D eigenvalue weighted by molar-refractivity contribution is -0.159. The van der Waals surface area contributed by atoms with Crippen LogP contribution in [0.4, 0.5) is 0 Å². The minimum atomic E-state index is -0.368. The molecule has 1 unspecified atom stereocenters. The fourth-order valence-electron chi connectivity index (χ4n) is 3.97. The van der Waals surface area contributed by atoms with Crippen LogP contribution in [0.3, 0.4) is 0 Å². The molecule has 0 amide bonds. The monoisotopic (exact) mass is 468 g/mol. The summed E-state index contributed by atoms with van der Waals surface area (Å²) in [7, 11) is 0. The first-order chi connectivity index (χ1) is 14.7. The van der Waals surface area contributed by atoms with Gasteiger partial charge in [0.1, 0.15) is 4.64 Å². The molecule has 1 N–H and O–H groups in total. The molecule has 31 heavy (non-hydrogen) atoms. The summed E-state index contributed by atoms with van der Waals surface area (Å²) in [6.45, 7) is 12.2. The van der Waals surface area contributed by atoms with E-state index in [2.05, 4.69) is 44.2 Å². The smallest absolute Gasteiger partial charge is 0.312 e. The Morgan fingerprint density at radius 1 is 1.00 bits per heavy atom. The van der Waals surface area contributed by atoms with E-state index in [0.29, 0.717) is 27.9 Å². The number of carbonyl (C=O) groups is 1. The Morgan fingerprint density at radius 2 is 1.55 bits per heavy atom. The largest absolute Gasteiger partial charge is 0.465 e. The van der Waals surface area contributed by atoms with Crippen LogP contribution in [0.25, 0.3) is 0 Å². The lowest BCUT2D eigenvalue weighted by Crippen LogP contribution is -2.36. The predicted molar refractivity (Wildman–Crippen MR) is 135 cm³/mol. The van der Waals surface area contributed by atoms with Crippen LogP contribution >= 0.6 is 24.4 Å². The molecule has 0 fully saturated rings. The quantitative estimate of drug-likeness (QED) is 0.151. The lowest BCUT2D eigenvalue weighted by Gasteiger charge is -2.32. The number of aryl methyl sites for hydroxylation is 1. The van der Waals surface area contributed by atoms with Crippen LogP contribution in [0.15, 0.2) is 12.3 Å². The Labute approximate surface area is 200 Å². The zero-order valence-electron chi connectivity index (χ0n) is 20.4. The van der Waals surface area contributed by atoms with Gasteiger partial charge in [0.05, 0.1) is 12.0 Å². The molecule has 1 heterocycles. The minimum absolute atomic E-state index is 0.0181. The van der Waals surface area contributed by atoms with Crippen molar-refractivity contribution in [1.29, 1.82) is 0 Å². The standard InChI is InChI=1S/C25H44N2O2S2/c1-20(2)19-25(5,21(3)4)23(28)29-18-14-12-10-8-6-7-9-11-13-16-27-17-15-22(30)26-24(27)31/h15,17,20-21H,6-14,16,18-19H2,1-5H3,(H,26,30,31). The van der Waals surface area contributed by atoms with Gasteiger partial charge in [-0.25, -0.2) is 0 Å². The molecular weight excluding hydrogens is 424 g/mol. The average molecular weight is 469 g/mol. The molecule has 0 saturated carbocycles. The summed E-state index contributed by atoms with van der Waals surface area (Å²) in [6, 6.07) is 1.89. The number of hydrogen-bond donors (Lipinski definition) is 1. The molecule has 0 aromatic carbocycles. The maximum absolute atomic E-state index is 12.6. The molecule has 178 valence electrons. The van der Waals surface area contributed by atoms with Crippen molar-refractivity contribution >= 4 is 30.4 Å². The van der Waals surface area contributed by atoms with Gasteiger partial charge in [-0.05, 0) is 56.3 Å². The van der Waals surface area contributed by atoms with Gasteiger partial charge in [-0.1, -0.05) is 84.9 Å². The number of H-pyrrole nitrogens is 1. The van der Waals surface area contributed by atoms with Gasteiger partial charge >= 0.3 is 5.97 Å². The minimum Gasteiger partial charge on any atom is -0.465 e. The number of esters is 1. The van der Waals surface area contributed by atoms with Crippen molar-refractivity contribution in [2.45, 2.75) is 105 Å². The fraction of sp³-hybridized carbons (Fsp3) is 0.800. The molecule has 1 aromatic rings. The second-order valence-corrected chi connectivity index (χ2v) is 10.6. The van der Waals surface area contributed by atoms with E-state index >= 15 is 0 Å². The van der Waals surface area contributed by atoms with Gasteiger partial charge in [0.2, 0.25) is 0 Å². The molecule has 0 saturated heterocycles. The summed E-state index contributed by atoms with van der Waals surface area (Å²) in [5.41, 5.74) is -0.368. The van der Waals surface area contributed by atoms with Crippen molar-refractivity contribution in [2.24, 2.45) is 17.3 Å². The third-order valence-electron chi connectivity index (χ3n) is 6.25. The van der Waals surface area contributed by atoms with Crippen molar-refractivity contribution in [3.8, 4) is 0 Å². The first kappa shape index (κ1) is 28.0. The number of aromatic amines is 1. The highest BCUT2D eigenvalue weighted by atomic mass is 32.1. The van der Waals surface area contributed by atoms with Gasteiger partial charge in [0.15, 0.2) is 4.77 Å². The second kappa shape index (κ2) is 14.9. The number of hydrogen-bond acceptors (Lipinski definition) is 4. The van der Waals surface area contributed by atoms with E-state index in [1.54, 1.807) is 0 Å². The van der Waals surface area contributed by atoms with Crippen molar-refractivity contribution in [3.05, 3.63) is 21.7 Å². The topological polar surface area (TPSA) is 47.0 Å². The maximum atomic E-state index is 12.6. The zero-order valence-corrected chi connectivity index (χ0v) is 22.0. The Morgan fingerprint density at radius 3 is 2.06 bits per heavy atom. The number of nitrogens with one attached hydrogen (secondary N) is 1. The van der Waals surface area contributed by atoms with E-state index in [1.807, 2.05) is 12.3 Å². The van der Waals surface area contributed by atoms with E-state index in [9.17, 15) is 4.79 Å². The van der Waals surface area contributed by atoms with Gasteiger partial charge in [-0.3, -0.25) is 4.79 Å². The van der Waals surface area contributed by atoms with Crippen LogP contribution in [0.1, 0.15) is 98.8 Å². The Hall–Kier alpha value is -1.01. The van der Waals surface area contributed by atoms with E-state index in [1.165, 1.54) is 38.5 Å². The zero-order chi connectivity index (χ0) is 23.3. The molecule has 0 aliphatic carbocycles. The van der Waals surface area contributed by atoms with E-state index in [-0.39, 0.29) is 11.4 Å². The molecule has 1 aromatic heterocycles. The van der Waals surface area contributed by atoms with Gasteiger partial charge in [-0.15, -0.1) is 0 Å². The van der Waals surface area contributed by atoms with E-state index in [0.717, 1.165) is 32.2 Å². The number of carbonyl (C=O) groups excluding carboxylic acids is 1. The number of rotatable bonds is 16. The van der Waals surface area contributed by atoms with Crippen molar-refractivity contribution in [3.63, 3.8) is 0 Å². The molecule has 0 bridgehead atoms. The SMILES string of the molecule is CC(C)CC(C)(C(=O)OCCCCCCCCCCCn1ccc(=S)[nH]c1=S)C(C)C. The first-order valence-electron chi connectivity index (χ1n) is 12.1. The van der Waals surface area contributed by atoms with Crippen LogP contribution < -0.4 is 0 Å². The molecule has 0 aliphatic rings. The molecule has 1 rings (SSSR count). The second-order valence-electron chi connectivity index (χ2n) is 9.79. The summed E-state index contributed by atoms with van der Waals surface area (Å²) < 4.78 is 9.11. The number of ether oxygens (including phenoxy) is 1. The molecule has 6 heteroatoms. The van der Waals surface area contributed by atoms with Gasteiger partial charge in [-0.2, -0.15) is 0 Å². The highest BCUT2D eigenvalue weighted by Crippen LogP contribution is 2.35. The highest BCUT2D eigenvalue weighted by Gasteiger charge is 2.38. The van der Waals surface area contributed by atoms with Crippen LogP contribution in [-0.4, -0.2) is 22.1 Å². The van der Waals surface area contributed by atoms with E-state index < -0.39 is 0 Å². The van der Waals surface area contributed by atoms with Crippen molar-refractivity contribution in [2.75, 3.05) is 6.61 Å². The summed E-state index contributed by atoms with van der Waals surface area (Å²) in [4.78, 5) is 15.6. The molecular formula is C25H44N2O2S2. The fourth-order valence-corrected chi connectivity index (χ4v) is 4.46. The molecule has 1 atom stereocenters. The van der Waals surface area contributed by atoms with Crippen LogP contribution in [-0.2, 0) is 16.1 Å². The van der Waals surface area contributed by atoms with Crippen molar-refractivity contribution < 1.29 is 9.53 Å². The number of aromatic nitrogens is 2. The maximum Gasteiger partial charge on any atom is 0.312 e. The first-order valence-corrected chi connectivity index (χ1v) is 13.0.